The second-order valence-electron chi connectivity index (χ2n) is 8.04. The minimum absolute atomic E-state index is 0.0956. The quantitative estimate of drug-likeness (QED) is 0.551. The van der Waals surface area contributed by atoms with Crippen molar-refractivity contribution in [3.8, 4) is 0 Å². The number of carbonyl (C=O) groups excluding carboxylic acids is 2. The largest absolute Gasteiger partial charge is 0.352 e. The van der Waals surface area contributed by atoms with E-state index in [4.69, 9.17) is 0 Å². The van der Waals surface area contributed by atoms with Gasteiger partial charge in [0.1, 0.15) is 0 Å². The van der Waals surface area contributed by atoms with Gasteiger partial charge in [-0.3, -0.25) is 9.59 Å². The number of benzene rings is 1. The molecule has 0 atom stereocenters. The Kier molecular flexibility index (Phi) is 6.77. The summed E-state index contributed by atoms with van der Waals surface area (Å²) in [6.07, 6.45) is 0. The lowest BCUT2D eigenvalue weighted by molar-refractivity contribution is 0.0948. The zero-order valence-electron chi connectivity index (χ0n) is 18.2. The van der Waals surface area contributed by atoms with E-state index in [9.17, 15) is 9.59 Å². The Morgan fingerprint density at radius 1 is 1.07 bits per heavy atom. The van der Waals surface area contributed by atoms with Gasteiger partial charge in [-0.25, -0.2) is 0 Å². The Labute approximate surface area is 182 Å². The standard InChI is InChI=1S/C24H29N3O2S/c1-15(2)13-25-23(28)19-8-9-22(16(3)11-19)26-24(29)21-12-17(4)27(18(21)5)14-20-7-6-10-30-20/h6-12,15H,13-14H2,1-5H3,(H,25,28)(H,26,29). The van der Waals surface area contributed by atoms with Crippen molar-refractivity contribution in [3.05, 3.63) is 74.7 Å². The monoisotopic (exact) mass is 423 g/mol. The molecule has 5 nitrogen and oxygen atoms in total. The first kappa shape index (κ1) is 21.8. The van der Waals surface area contributed by atoms with E-state index in [1.807, 2.05) is 39.0 Å². The van der Waals surface area contributed by atoms with Gasteiger partial charge in [0.25, 0.3) is 11.8 Å². The molecule has 6 heteroatoms. The predicted octanol–water partition coefficient (Wildman–Crippen LogP) is 5.16. The molecule has 0 spiro atoms. The summed E-state index contributed by atoms with van der Waals surface area (Å²) in [5, 5.41) is 7.98. The summed E-state index contributed by atoms with van der Waals surface area (Å²) in [7, 11) is 0. The van der Waals surface area contributed by atoms with Crippen LogP contribution in [0.3, 0.4) is 0 Å². The van der Waals surface area contributed by atoms with Crippen molar-refractivity contribution in [3.63, 3.8) is 0 Å². The molecule has 0 aliphatic carbocycles. The van der Waals surface area contributed by atoms with Crippen molar-refractivity contribution < 1.29 is 9.59 Å². The van der Waals surface area contributed by atoms with Crippen LogP contribution in [0.4, 0.5) is 5.69 Å². The van der Waals surface area contributed by atoms with Crippen LogP contribution in [0.15, 0.2) is 41.8 Å². The number of amides is 2. The van der Waals surface area contributed by atoms with Crippen LogP contribution in [0, 0.1) is 26.7 Å². The molecule has 3 rings (SSSR count). The van der Waals surface area contributed by atoms with Gasteiger partial charge >= 0.3 is 0 Å². The first-order valence-corrected chi connectivity index (χ1v) is 11.0. The summed E-state index contributed by atoms with van der Waals surface area (Å²) in [5.41, 5.74) is 4.83. The van der Waals surface area contributed by atoms with Gasteiger partial charge in [-0.05, 0) is 68.0 Å². The Hall–Kier alpha value is -2.86. The highest BCUT2D eigenvalue weighted by molar-refractivity contribution is 7.09. The maximum Gasteiger partial charge on any atom is 0.257 e. The fourth-order valence-corrected chi connectivity index (χ4v) is 4.06. The molecule has 0 fully saturated rings. The van der Waals surface area contributed by atoms with E-state index in [0.717, 1.165) is 23.5 Å². The van der Waals surface area contributed by atoms with Crippen LogP contribution in [0.2, 0.25) is 0 Å². The van der Waals surface area contributed by atoms with Crippen LogP contribution in [-0.4, -0.2) is 22.9 Å². The molecule has 2 aromatic heterocycles. The average molecular weight is 424 g/mol. The molecule has 0 saturated carbocycles. The minimum atomic E-state index is -0.138. The summed E-state index contributed by atoms with van der Waals surface area (Å²) in [6.45, 7) is 11.4. The lowest BCUT2D eigenvalue weighted by atomic mass is 10.1. The highest BCUT2D eigenvalue weighted by Crippen LogP contribution is 2.22. The summed E-state index contributed by atoms with van der Waals surface area (Å²) < 4.78 is 2.16. The van der Waals surface area contributed by atoms with Gasteiger partial charge in [-0.1, -0.05) is 19.9 Å². The Bertz CT molecular complexity index is 1050. The zero-order valence-corrected chi connectivity index (χ0v) is 19.0. The van der Waals surface area contributed by atoms with E-state index in [1.54, 1.807) is 23.5 Å². The van der Waals surface area contributed by atoms with Crippen molar-refractivity contribution in [1.82, 2.24) is 9.88 Å². The number of aryl methyl sites for hydroxylation is 2. The fourth-order valence-electron chi connectivity index (χ4n) is 3.37. The molecule has 0 saturated heterocycles. The number of hydrogen-bond acceptors (Lipinski definition) is 3. The third kappa shape index (κ3) is 5.00. The molecular weight excluding hydrogens is 394 g/mol. The summed E-state index contributed by atoms with van der Waals surface area (Å²) >= 11 is 1.71. The molecule has 158 valence electrons. The van der Waals surface area contributed by atoms with Gasteiger partial charge in [0.05, 0.1) is 12.1 Å². The molecular formula is C24H29N3O2S. The number of nitrogens with zero attached hydrogens (tertiary/aromatic N) is 1. The normalized spacial score (nSPS) is 11.0. The highest BCUT2D eigenvalue weighted by Gasteiger charge is 2.17. The maximum absolute atomic E-state index is 13.0. The molecule has 0 radical (unpaired) electrons. The van der Waals surface area contributed by atoms with Crippen molar-refractivity contribution >= 4 is 28.8 Å². The Morgan fingerprint density at radius 2 is 1.83 bits per heavy atom. The Balaban J connectivity index is 1.74. The molecule has 0 unspecified atom stereocenters. The van der Waals surface area contributed by atoms with Gasteiger partial charge in [-0.2, -0.15) is 0 Å². The van der Waals surface area contributed by atoms with Crippen LogP contribution >= 0.6 is 11.3 Å². The zero-order chi connectivity index (χ0) is 21.8. The van der Waals surface area contributed by atoms with Crippen molar-refractivity contribution in [2.75, 3.05) is 11.9 Å². The van der Waals surface area contributed by atoms with Gasteiger partial charge in [0, 0.05) is 34.1 Å². The first-order valence-electron chi connectivity index (χ1n) is 10.2. The van der Waals surface area contributed by atoms with Crippen molar-refractivity contribution in [2.45, 2.75) is 41.2 Å². The van der Waals surface area contributed by atoms with Gasteiger partial charge in [-0.15, -0.1) is 11.3 Å². The molecule has 2 amide bonds. The average Bonchev–Trinajstić information content (AvgIpc) is 3.31. The van der Waals surface area contributed by atoms with Crippen LogP contribution in [-0.2, 0) is 6.54 Å². The van der Waals surface area contributed by atoms with E-state index in [-0.39, 0.29) is 11.8 Å². The third-order valence-corrected chi connectivity index (χ3v) is 5.98. The topological polar surface area (TPSA) is 63.1 Å². The van der Waals surface area contributed by atoms with E-state index >= 15 is 0 Å². The molecule has 0 aliphatic rings. The molecule has 0 bridgehead atoms. The van der Waals surface area contributed by atoms with Crippen LogP contribution < -0.4 is 10.6 Å². The fraction of sp³-hybridized carbons (Fsp3) is 0.333. The smallest absolute Gasteiger partial charge is 0.257 e. The molecule has 0 aliphatic heterocycles. The van der Waals surface area contributed by atoms with Gasteiger partial charge in [0.15, 0.2) is 0 Å². The van der Waals surface area contributed by atoms with Crippen LogP contribution in [0.1, 0.15) is 56.4 Å². The highest BCUT2D eigenvalue weighted by atomic mass is 32.1. The molecule has 3 aromatic rings. The summed E-state index contributed by atoms with van der Waals surface area (Å²) in [5.74, 6) is 0.162. The summed E-state index contributed by atoms with van der Waals surface area (Å²) in [4.78, 5) is 26.5. The van der Waals surface area contributed by atoms with Crippen LogP contribution in [0.5, 0.6) is 0 Å². The second-order valence-corrected chi connectivity index (χ2v) is 9.07. The summed E-state index contributed by atoms with van der Waals surface area (Å²) in [6, 6.07) is 11.4. The van der Waals surface area contributed by atoms with E-state index in [0.29, 0.717) is 29.3 Å². The number of hydrogen-bond donors (Lipinski definition) is 2. The van der Waals surface area contributed by atoms with Crippen molar-refractivity contribution in [2.24, 2.45) is 5.92 Å². The van der Waals surface area contributed by atoms with E-state index < -0.39 is 0 Å². The second kappa shape index (κ2) is 9.30. The third-order valence-electron chi connectivity index (χ3n) is 5.12. The van der Waals surface area contributed by atoms with Crippen molar-refractivity contribution in [1.29, 1.82) is 0 Å². The number of rotatable bonds is 7. The maximum atomic E-state index is 13.0. The first-order chi connectivity index (χ1) is 14.3. The predicted molar refractivity (Wildman–Crippen MR) is 124 cm³/mol. The number of nitrogens with one attached hydrogen (secondary N) is 2. The number of aromatic nitrogens is 1. The molecule has 30 heavy (non-hydrogen) atoms. The number of thiophene rings is 1. The van der Waals surface area contributed by atoms with Gasteiger partial charge in [0.2, 0.25) is 0 Å². The number of carbonyl (C=O) groups is 2. The Morgan fingerprint density at radius 3 is 2.47 bits per heavy atom. The lowest BCUT2D eigenvalue weighted by Crippen LogP contribution is -2.27. The van der Waals surface area contributed by atoms with Gasteiger partial charge < -0.3 is 15.2 Å². The molecule has 1 aromatic carbocycles. The van der Waals surface area contributed by atoms with Crippen LogP contribution in [0.25, 0.3) is 0 Å². The molecule has 2 heterocycles. The number of anilines is 1. The lowest BCUT2D eigenvalue weighted by Gasteiger charge is -2.12. The SMILES string of the molecule is Cc1cc(C(=O)NCC(C)C)ccc1NC(=O)c1cc(C)n(Cc2cccs2)c1C. The van der Waals surface area contributed by atoms with E-state index in [2.05, 4.69) is 40.5 Å². The molecule has 2 N–H and O–H groups in total. The van der Waals surface area contributed by atoms with E-state index in [1.165, 1.54) is 4.88 Å². The minimum Gasteiger partial charge on any atom is -0.352 e.